The summed E-state index contributed by atoms with van der Waals surface area (Å²) in [6.07, 6.45) is 2.13. The number of benzene rings is 1. The Morgan fingerprint density at radius 1 is 1.33 bits per heavy atom. The molecule has 1 aromatic rings. The Balaban J connectivity index is 2.11. The summed E-state index contributed by atoms with van der Waals surface area (Å²) in [6.45, 7) is 5.62. The summed E-state index contributed by atoms with van der Waals surface area (Å²) in [4.78, 5) is 17.2. The van der Waals surface area contributed by atoms with E-state index < -0.39 is 0 Å². The number of halogens is 2. The second kappa shape index (κ2) is 7.59. The Kier molecular flexibility index (Phi) is 6.06. The number of rotatable bonds is 4. The highest BCUT2D eigenvalue weighted by atomic mass is 35.5. The minimum atomic E-state index is 0.0468. The van der Waals surface area contributed by atoms with Crippen molar-refractivity contribution in [2.75, 3.05) is 33.2 Å². The zero-order chi connectivity index (χ0) is 15.4. The van der Waals surface area contributed by atoms with Crippen LogP contribution in [0.3, 0.4) is 0 Å². The van der Waals surface area contributed by atoms with E-state index in [1.165, 1.54) is 0 Å². The molecule has 0 aromatic heterocycles. The van der Waals surface area contributed by atoms with Gasteiger partial charge in [-0.2, -0.15) is 0 Å². The maximum Gasteiger partial charge on any atom is 0.178 e. The van der Waals surface area contributed by atoms with Gasteiger partial charge in [0.05, 0.1) is 11.6 Å². The van der Waals surface area contributed by atoms with Gasteiger partial charge in [-0.05, 0) is 44.6 Å². The number of nitrogens with zero attached hydrogens (tertiary/aromatic N) is 2. The number of Topliss-reactive ketones (excluding diaryl/α,β-unsaturated/α-hetero) is 1. The van der Waals surface area contributed by atoms with Crippen LogP contribution in [-0.2, 0) is 0 Å². The van der Waals surface area contributed by atoms with Crippen LogP contribution in [0.25, 0.3) is 0 Å². The van der Waals surface area contributed by atoms with Crippen LogP contribution in [0.2, 0.25) is 10.0 Å². The van der Waals surface area contributed by atoms with Crippen LogP contribution in [0.4, 0.5) is 0 Å². The number of carbonyl (C=O) groups is 1. The molecule has 0 amide bonds. The molecule has 0 saturated carbocycles. The summed E-state index contributed by atoms with van der Waals surface area (Å²) in [6, 6.07) is 5.47. The molecule has 1 unspecified atom stereocenters. The summed E-state index contributed by atoms with van der Waals surface area (Å²) in [7, 11) is 2.14. The fourth-order valence-electron chi connectivity index (χ4n) is 2.87. The molecule has 2 rings (SSSR count). The number of likely N-dealkylation sites (N-methyl/N-ethyl adjacent to an activating group) is 1. The lowest BCUT2D eigenvalue weighted by molar-refractivity contribution is 0.0888. The summed E-state index contributed by atoms with van der Waals surface area (Å²) < 4.78 is 0. The molecule has 21 heavy (non-hydrogen) atoms. The monoisotopic (exact) mass is 328 g/mol. The van der Waals surface area contributed by atoms with Gasteiger partial charge in [0.25, 0.3) is 0 Å². The third-order valence-electron chi connectivity index (χ3n) is 4.07. The number of hydrogen-bond acceptors (Lipinski definition) is 3. The Labute approximate surface area is 136 Å². The smallest absolute Gasteiger partial charge is 0.178 e. The molecule has 1 heterocycles. The molecule has 0 N–H and O–H groups in total. The maximum absolute atomic E-state index is 12.5. The van der Waals surface area contributed by atoms with Crippen molar-refractivity contribution in [2.24, 2.45) is 0 Å². The molecule has 0 radical (unpaired) electrons. The normalized spacial score (nSPS) is 21.2. The first kappa shape index (κ1) is 16.8. The van der Waals surface area contributed by atoms with Gasteiger partial charge in [0.2, 0.25) is 0 Å². The summed E-state index contributed by atoms with van der Waals surface area (Å²) in [5, 5.41) is 1.02. The zero-order valence-electron chi connectivity index (χ0n) is 12.6. The molecule has 3 nitrogen and oxygen atoms in total. The van der Waals surface area contributed by atoms with Gasteiger partial charge in [0.1, 0.15) is 0 Å². The van der Waals surface area contributed by atoms with Crippen molar-refractivity contribution in [1.82, 2.24) is 9.80 Å². The highest BCUT2D eigenvalue weighted by Crippen LogP contribution is 2.22. The molecule has 1 aliphatic rings. The fourth-order valence-corrected chi connectivity index (χ4v) is 3.26. The number of hydrogen-bond donors (Lipinski definition) is 0. The SMILES string of the molecule is CCC1CN(C)CCCN1CC(=O)c1cc(Cl)ccc1Cl. The molecule has 0 aliphatic carbocycles. The van der Waals surface area contributed by atoms with Crippen LogP contribution >= 0.6 is 23.2 Å². The maximum atomic E-state index is 12.5. The zero-order valence-corrected chi connectivity index (χ0v) is 14.1. The lowest BCUT2D eigenvalue weighted by atomic mass is 10.1. The van der Waals surface area contributed by atoms with Crippen molar-refractivity contribution >= 4 is 29.0 Å². The summed E-state index contributed by atoms with van der Waals surface area (Å²) in [5.74, 6) is 0.0468. The number of carbonyl (C=O) groups excluding carboxylic acids is 1. The Bertz CT molecular complexity index is 507. The van der Waals surface area contributed by atoms with Gasteiger partial charge in [0, 0.05) is 29.7 Å². The van der Waals surface area contributed by atoms with Gasteiger partial charge < -0.3 is 4.90 Å². The minimum Gasteiger partial charge on any atom is -0.305 e. The third-order valence-corrected chi connectivity index (χ3v) is 4.64. The van der Waals surface area contributed by atoms with Crippen molar-refractivity contribution in [1.29, 1.82) is 0 Å². The topological polar surface area (TPSA) is 23.6 Å². The highest BCUT2D eigenvalue weighted by molar-refractivity contribution is 6.36. The molecule has 1 aromatic carbocycles. The summed E-state index contributed by atoms with van der Waals surface area (Å²) >= 11 is 12.1. The van der Waals surface area contributed by atoms with Crippen LogP contribution in [0.1, 0.15) is 30.1 Å². The Hall–Kier alpha value is -0.610. The molecular formula is C16H22Cl2N2O. The molecule has 1 atom stereocenters. The van der Waals surface area contributed by atoms with Crippen LogP contribution in [-0.4, -0.2) is 54.9 Å². The largest absolute Gasteiger partial charge is 0.305 e. The quantitative estimate of drug-likeness (QED) is 0.789. The molecule has 0 bridgehead atoms. The third kappa shape index (κ3) is 4.43. The predicted octanol–water partition coefficient (Wildman–Crippen LogP) is 3.59. The highest BCUT2D eigenvalue weighted by Gasteiger charge is 2.24. The van der Waals surface area contributed by atoms with Crippen LogP contribution < -0.4 is 0 Å². The van der Waals surface area contributed by atoms with Gasteiger partial charge in [-0.25, -0.2) is 0 Å². The van der Waals surface area contributed by atoms with E-state index >= 15 is 0 Å². The van der Waals surface area contributed by atoms with Crippen molar-refractivity contribution in [3.8, 4) is 0 Å². The van der Waals surface area contributed by atoms with E-state index in [4.69, 9.17) is 23.2 Å². The molecule has 5 heteroatoms. The van der Waals surface area contributed by atoms with Gasteiger partial charge >= 0.3 is 0 Å². The average Bonchev–Trinajstić information content (AvgIpc) is 2.63. The van der Waals surface area contributed by atoms with E-state index in [1.807, 2.05) is 0 Å². The molecule has 1 saturated heterocycles. The van der Waals surface area contributed by atoms with E-state index in [9.17, 15) is 4.79 Å². The van der Waals surface area contributed by atoms with E-state index in [0.717, 1.165) is 32.5 Å². The molecule has 1 fully saturated rings. The van der Waals surface area contributed by atoms with Gasteiger partial charge in [-0.1, -0.05) is 30.1 Å². The first-order valence-electron chi connectivity index (χ1n) is 7.42. The van der Waals surface area contributed by atoms with Crippen molar-refractivity contribution < 1.29 is 4.79 Å². The first-order valence-corrected chi connectivity index (χ1v) is 8.17. The van der Waals surface area contributed by atoms with E-state index in [-0.39, 0.29) is 5.78 Å². The van der Waals surface area contributed by atoms with E-state index in [2.05, 4.69) is 23.8 Å². The van der Waals surface area contributed by atoms with Crippen LogP contribution in [0, 0.1) is 0 Å². The molecule has 116 valence electrons. The van der Waals surface area contributed by atoms with Crippen LogP contribution in [0.15, 0.2) is 18.2 Å². The lowest BCUT2D eigenvalue weighted by Gasteiger charge is -2.29. The fraction of sp³-hybridized carbons (Fsp3) is 0.562. The predicted molar refractivity (Wildman–Crippen MR) is 88.6 cm³/mol. The van der Waals surface area contributed by atoms with Crippen molar-refractivity contribution in [3.63, 3.8) is 0 Å². The minimum absolute atomic E-state index is 0.0468. The van der Waals surface area contributed by atoms with Gasteiger partial charge in [0.15, 0.2) is 5.78 Å². The molecular weight excluding hydrogens is 307 g/mol. The van der Waals surface area contributed by atoms with Gasteiger partial charge in [-0.15, -0.1) is 0 Å². The van der Waals surface area contributed by atoms with Crippen LogP contribution in [0.5, 0.6) is 0 Å². The summed E-state index contributed by atoms with van der Waals surface area (Å²) in [5.41, 5.74) is 0.525. The first-order chi connectivity index (χ1) is 10.0. The second-order valence-electron chi connectivity index (χ2n) is 5.70. The Morgan fingerprint density at radius 3 is 2.81 bits per heavy atom. The second-order valence-corrected chi connectivity index (χ2v) is 6.54. The standard InChI is InChI=1S/C16H22Cl2N2O/c1-3-13-10-19(2)7-4-8-20(13)11-16(21)14-9-12(17)5-6-15(14)18/h5-6,9,13H,3-4,7-8,10-11H2,1-2H3. The van der Waals surface area contributed by atoms with Crippen molar-refractivity contribution in [3.05, 3.63) is 33.8 Å². The number of ketones is 1. The van der Waals surface area contributed by atoms with E-state index in [0.29, 0.717) is 28.2 Å². The molecule has 0 spiro atoms. The van der Waals surface area contributed by atoms with Gasteiger partial charge in [-0.3, -0.25) is 9.69 Å². The Morgan fingerprint density at radius 2 is 2.10 bits per heavy atom. The van der Waals surface area contributed by atoms with E-state index in [1.54, 1.807) is 18.2 Å². The molecule has 1 aliphatic heterocycles. The lowest BCUT2D eigenvalue weighted by Crippen LogP contribution is -2.42. The van der Waals surface area contributed by atoms with Crippen molar-refractivity contribution in [2.45, 2.75) is 25.8 Å². The average molecular weight is 329 g/mol.